The van der Waals surface area contributed by atoms with Crippen LogP contribution in [0.3, 0.4) is 0 Å². The van der Waals surface area contributed by atoms with E-state index in [1.165, 1.54) is 10.1 Å². The summed E-state index contributed by atoms with van der Waals surface area (Å²) in [6.45, 7) is 0. The molecule has 1 aromatic carbocycles. The molecule has 2 aromatic rings. The molecule has 52 valence electrons. The minimum Gasteiger partial charge on any atom is -0.226 e. The third-order valence-electron chi connectivity index (χ3n) is 1.29. The molecule has 0 nitrogen and oxygen atoms in total. The summed E-state index contributed by atoms with van der Waals surface area (Å²) in [4.78, 5) is 0. The van der Waals surface area contributed by atoms with Gasteiger partial charge >= 0.3 is 27.0 Å². The van der Waals surface area contributed by atoms with E-state index in [-0.39, 0.29) is 0 Å². The van der Waals surface area contributed by atoms with Gasteiger partial charge in [-0.05, 0) is 0 Å². The SMILES string of the molecule is [Cl][Zn+].[c-]1csc2ccccc12. The predicted octanol–water partition coefficient (Wildman–Crippen LogP) is 3.39. The summed E-state index contributed by atoms with van der Waals surface area (Å²) < 4.78 is 1.32. The first-order chi connectivity index (χ1) is 5.47. The second-order valence-corrected chi connectivity index (χ2v) is 2.79. The van der Waals surface area contributed by atoms with Crippen molar-refractivity contribution < 1.29 is 17.3 Å². The molecule has 0 amide bonds. The Bertz CT molecular complexity index is 288. The fourth-order valence-electron chi connectivity index (χ4n) is 0.845. The number of fused-ring (bicyclic) bond motifs is 1. The van der Waals surface area contributed by atoms with E-state index >= 15 is 0 Å². The van der Waals surface area contributed by atoms with Crippen LogP contribution in [0.5, 0.6) is 0 Å². The number of rotatable bonds is 0. The van der Waals surface area contributed by atoms with Gasteiger partial charge in [-0.3, -0.25) is 0 Å². The summed E-state index contributed by atoms with van der Waals surface area (Å²) in [6.07, 6.45) is 0. The average molecular weight is 234 g/mol. The molecule has 1 aromatic heterocycles. The summed E-state index contributed by atoms with van der Waals surface area (Å²) >= 11 is 2.58. The van der Waals surface area contributed by atoms with E-state index in [1.54, 1.807) is 11.3 Å². The molecule has 0 saturated carbocycles. The zero-order valence-corrected chi connectivity index (χ0v) is 10.4. The van der Waals surface area contributed by atoms with Gasteiger partial charge in [0.2, 0.25) is 0 Å². The van der Waals surface area contributed by atoms with E-state index in [0.29, 0.717) is 0 Å². The van der Waals surface area contributed by atoms with Crippen molar-refractivity contribution in [1.29, 1.82) is 0 Å². The molecule has 2 rings (SSSR count). The van der Waals surface area contributed by atoms with E-state index in [2.05, 4.69) is 18.2 Å². The molecule has 0 radical (unpaired) electrons. The molecule has 0 aliphatic heterocycles. The van der Waals surface area contributed by atoms with Crippen molar-refractivity contribution in [3.63, 3.8) is 0 Å². The summed E-state index contributed by atoms with van der Waals surface area (Å²) in [5, 5.41) is 3.22. The third kappa shape index (κ3) is 2.26. The predicted molar refractivity (Wildman–Crippen MR) is 46.5 cm³/mol. The van der Waals surface area contributed by atoms with Crippen LogP contribution in [0.1, 0.15) is 0 Å². The van der Waals surface area contributed by atoms with E-state index in [1.807, 2.05) is 17.5 Å². The monoisotopic (exact) mass is 232 g/mol. The molecule has 0 saturated heterocycles. The first-order valence-electron chi connectivity index (χ1n) is 3.07. The second-order valence-electron chi connectivity index (χ2n) is 1.88. The Morgan fingerprint density at radius 3 is 2.73 bits per heavy atom. The first-order valence-corrected chi connectivity index (χ1v) is 7.85. The van der Waals surface area contributed by atoms with Crippen molar-refractivity contribution in [2.45, 2.75) is 0 Å². The minimum absolute atomic E-state index is 0.847. The van der Waals surface area contributed by atoms with Gasteiger partial charge in [-0.1, -0.05) is 16.1 Å². The zero-order chi connectivity index (χ0) is 8.10. The fraction of sp³-hybridized carbons (Fsp3) is 0. The van der Waals surface area contributed by atoms with Crippen LogP contribution in [0.4, 0.5) is 0 Å². The number of hydrogen-bond acceptors (Lipinski definition) is 1. The molecule has 0 fully saturated rings. The molecule has 1 heterocycles. The molecule has 0 aliphatic rings. The standard InChI is InChI=1S/C8H5S.ClH.Zn/c1-2-4-8-7(3-1)5-6-9-8;;/h1-4,6H;1H;/q-1;;+2/p-1. The van der Waals surface area contributed by atoms with Crippen LogP contribution >= 0.6 is 21.0 Å². The molecule has 0 unspecified atom stereocenters. The Morgan fingerprint density at radius 1 is 1.27 bits per heavy atom. The average Bonchev–Trinajstić information content (AvgIpc) is 2.55. The molecule has 0 N–H and O–H groups in total. The number of thiophene rings is 1. The first kappa shape index (κ1) is 9.18. The fourth-order valence-corrected chi connectivity index (χ4v) is 1.57. The maximum absolute atomic E-state index is 4.76. The quantitative estimate of drug-likeness (QED) is 0.484. The third-order valence-corrected chi connectivity index (χ3v) is 2.13. The maximum Gasteiger partial charge on any atom is -0.0762 e. The van der Waals surface area contributed by atoms with E-state index in [4.69, 9.17) is 9.69 Å². The smallest absolute Gasteiger partial charge is 0.0762 e. The van der Waals surface area contributed by atoms with Crippen LogP contribution in [0.25, 0.3) is 10.1 Å². The van der Waals surface area contributed by atoms with Gasteiger partial charge in [-0.25, -0.2) is 11.3 Å². The molecular formula is C8H5ClSZn. The topological polar surface area (TPSA) is 0 Å². The van der Waals surface area contributed by atoms with Crippen molar-refractivity contribution in [2.24, 2.45) is 0 Å². The Hall–Kier alpha value is 0.0934. The van der Waals surface area contributed by atoms with Crippen LogP contribution in [0.2, 0.25) is 0 Å². The Balaban J connectivity index is 0.000000281. The van der Waals surface area contributed by atoms with Gasteiger partial charge in [-0.15, -0.1) is 12.1 Å². The van der Waals surface area contributed by atoms with Gasteiger partial charge in [0.25, 0.3) is 0 Å². The minimum atomic E-state index is 0.847. The Kier molecular flexibility index (Phi) is 4.06. The molecule has 0 aliphatic carbocycles. The van der Waals surface area contributed by atoms with Crippen molar-refractivity contribution in [3.05, 3.63) is 35.7 Å². The van der Waals surface area contributed by atoms with Gasteiger partial charge in [0.05, 0.1) is 0 Å². The number of halogens is 1. The van der Waals surface area contributed by atoms with Crippen molar-refractivity contribution in [3.8, 4) is 0 Å². The van der Waals surface area contributed by atoms with E-state index in [9.17, 15) is 0 Å². The Morgan fingerprint density at radius 2 is 2.00 bits per heavy atom. The van der Waals surface area contributed by atoms with Crippen LogP contribution in [0, 0.1) is 6.07 Å². The zero-order valence-electron chi connectivity index (χ0n) is 5.88. The van der Waals surface area contributed by atoms with Gasteiger partial charge in [-0.2, -0.15) is 17.5 Å². The van der Waals surface area contributed by atoms with Gasteiger partial charge in [0.15, 0.2) is 0 Å². The van der Waals surface area contributed by atoms with E-state index < -0.39 is 0 Å². The van der Waals surface area contributed by atoms with Gasteiger partial charge < -0.3 is 0 Å². The largest absolute Gasteiger partial charge is 0.226 e. The molecular weight excluding hydrogens is 229 g/mol. The Labute approximate surface area is 83.9 Å². The molecule has 0 spiro atoms. The van der Waals surface area contributed by atoms with Crippen molar-refractivity contribution in [2.75, 3.05) is 0 Å². The van der Waals surface area contributed by atoms with Crippen LogP contribution in [-0.4, -0.2) is 0 Å². The summed E-state index contributed by atoms with van der Waals surface area (Å²) in [6, 6.07) is 11.4. The molecule has 0 atom stereocenters. The van der Waals surface area contributed by atoms with Gasteiger partial charge in [0.1, 0.15) is 0 Å². The summed E-state index contributed by atoms with van der Waals surface area (Å²) in [5.74, 6) is 0. The summed E-state index contributed by atoms with van der Waals surface area (Å²) in [7, 11) is 4.76. The normalized spacial score (nSPS) is 9.00. The van der Waals surface area contributed by atoms with Crippen LogP contribution < -0.4 is 0 Å². The van der Waals surface area contributed by atoms with Crippen molar-refractivity contribution >= 4 is 31.1 Å². The number of hydrogen-bond donors (Lipinski definition) is 0. The molecule has 11 heavy (non-hydrogen) atoms. The maximum atomic E-state index is 4.76. The van der Waals surface area contributed by atoms with Crippen LogP contribution in [-0.2, 0) is 17.3 Å². The van der Waals surface area contributed by atoms with Crippen molar-refractivity contribution in [1.82, 2.24) is 0 Å². The van der Waals surface area contributed by atoms with Gasteiger partial charge in [0, 0.05) is 0 Å². The van der Waals surface area contributed by atoms with Crippen LogP contribution in [0.15, 0.2) is 29.6 Å². The molecule has 0 bridgehead atoms. The second kappa shape index (κ2) is 4.87. The number of benzene rings is 1. The van der Waals surface area contributed by atoms with E-state index in [0.717, 1.165) is 17.3 Å². The summed E-state index contributed by atoms with van der Waals surface area (Å²) in [5.41, 5.74) is 0. The molecule has 3 heteroatoms.